The van der Waals surface area contributed by atoms with Crippen LogP contribution >= 0.6 is 11.6 Å². The van der Waals surface area contributed by atoms with Gasteiger partial charge in [-0.15, -0.1) is 0 Å². The average Bonchev–Trinajstić information content (AvgIpc) is 2.41. The van der Waals surface area contributed by atoms with E-state index in [1.807, 2.05) is 0 Å². The van der Waals surface area contributed by atoms with Gasteiger partial charge >= 0.3 is 5.97 Å². The molecule has 0 radical (unpaired) electrons. The van der Waals surface area contributed by atoms with E-state index in [4.69, 9.17) is 16.7 Å². The minimum Gasteiger partial charge on any atom is -0.478 e. The summed E-state index contributed by atoms with van der Waals surface area (Å²) >= 11 is 5.67. The Kier molecular flexibility index (Phi) is 4.18. The molecule has 2 aromatic rings. The van der Waals surface area contributed by atoms with Crippen LogP contribution in [0.15, 0.2) is 36.4 Å². The van der Waals surface area contributed by atoms with Gasteiger partial charge in [-0.25, -0.2) is 13.6 Å². The molecule has 2 aromatic carbocycles. The van der Waals surface area contributed by atoms with Gasteiger partial charge in [0, 0.05) is 10.7 Å². The number of anilines is 1. The number of hydrogen-bond donors (Lipinski definition) is 2. The van der Waals surface area contributed by atoms with Gasteiger partial charge in [-0.1, -0.05) is 11.6 Å². The predicted octanol–water partition coefficient (Wildman–Crippen LogP) is 3.57. The van der Waals surface area contributed by atoms with Crippen molar-refractivity contribution >= 4 is 29.2 Å². The van der Waals surface area contributed by atoms with Crippen LogP contribution in [0.25, 0.3) is 0 Å². The SMILES string of the molecule is O=C(O)c1ccc(NC(=O)c2cc(Cl)ccc2F)cc1F. The fourth-order valence-corrected chi connectivity index (χ4v) is 1.81. The van der Waals surface area contributed by atoms with E-state index in [0.29, 0.717) is 0 Å². The minimum absolute atomic E-state index is 0.00174. The zero-order valence-electron chi connectivity index (χ0n) is 10.4. The lowest BCUT2D eigenvalue weighted by atomic mass is 10.1. The van der Waals surface area contributed by atoms with Crippen LogP contribution in [0.1, 0.15) is 20.7 Å². The van der Waals surface area contributed by atoms with Gasteiger partial charge in [0.15, 0.2) is 0 Å². The molecule has 2 rings (SSSR count). The molecule has 4 nitrogen and oxygen atoms in total. The van der Waals surface area contributed by atoms with E-state index in [1.54, 1.807) is 0 Å². The maximum atomic E-state index is 13.5. The summed E-state index contributed by atoms with van der Waals surface area (Å²) in [6, 6.07) is 6.49. The normalized spacial score (nSPS) is 10.2. The van der Waals surface area contributed by atoms with Crippen LogP contribution in [0, 0.1) is 11.6 Å². The number of carbonyl (C=O) groups is 2. The smallest absolute Gasteiger partial charge is 0.338 e. The van der Waals surface area contributed by atoms with Gasteiger partial charge in [-0.05, 0) is 36.4 Å². The molecule has 0 fully saturated rings. The third-order valence-electron chi connectivity index (χ3n) is 2.63. The Hall–Kier alpha value is -2.47. The lowest BCUT2D eigenvalue weighted by molar-refractivity contribution is 0.0692. The molecule has 0 bridgehead atoms. The number of carboxylic acids is 1. The molecular formula is C14H8ClF2NO3. The molecule has 0 aromatic heterocycles. The largest absolute Gasteiger partial charge is 0.478 e. The third-order valence-corrected chi connectivity index (χ3v) is 2.87. The summed E-state index contributed by atoms with van der Waals surface area (Å²) in [6.07, 6.45) is 0. The van der Waals surface area contributed by atoms with Gasteiger partial charge in [0.2, 0.25) is 0 Å². The summed E-state index contributed by atoms with van der Waals surface area (Å²) in [5.41, 5.74) is -0.825. The van der Waals surface area contributed by atoms with Gasteiger partial charge < -0.3 is 10.4 Å². The number of benzene rings is 2. The summed E-state index contributed by atoms with van der Waals surface area (Å²) < 4.78 is 27.0. The second-order valence-electron chi connectivity index (χ2n) is 4.08. The molecule has 0 aliphatic carbocycles. The van der Waals surface area contributed by atoms with Gasteiger partial charge in [0.25, 0.3) is 5.91 Å². The Labute approximate surface area is 123 Å². The molecule has 1 amide bonds. The van der Waals surface area contributed by atoms with Crippen molar-refractivity contribution in [3.8, 4) is 0 Å². The van der Waals surface area contributed by atoms with Crippen molar-refractivity contribution in [2.24, 2.45) is 0 Å². The highest BCUT2D eigenvalue weighted by Crippen LogP contribution is 2.18. The van der Waals surface area contributed by atoms with Crippen LogP contribution in [0.5, 0.6) is 0 Å². The summed E-state index contributed by atoms with van der Waals surface area (Å²) in [7, 11) is 0. The van der Waals surface area contributed by atoms with Gasteiger partial charge in [0.05, 0.1) is 11.1 Å². The van der Waals surface area contributed by atoms with Crippen molar-refractivity contribution in [1.29, 1.82) is 0 Å². The number of hydrogen-bond acceptors (Lipinski definition) is 2. The molecule has 0 atom stereocenters. The standard InChI is InChI=1S/C14H8ClF2NO3/c15-7-1-4-11(16)10(5-7)13(19)18-8-2-3-9(14(20)21)12(17)6-8/h1-6H,(H,18,19)(H,20,21). The average molecular weight is 312 g/mol. The third kappa shape index (κ3) is 3.35. The molecule has 0 saturated carbocycles. The maximum absolute atomic E-state index is 13.5. The van der Waals surface area contributed by atoms with Crippen molar-refractivity contribution in [3.05, 3.63) is 64.2 Å². The Morgan fingerprint density at radius 1 is 1.00 bits per heavy atom. The highest BCUT2D eigenvalue weighted by molar-refractivity contribution is 6.31. The van der Waals surface area contributed by atoms with E-state index in [2.05, 4.69) is 5.32 Å². The Morgan fingerprint density at radius 2 is 1.71 bits per heavy atom. The number of amides is 1. The second-order valence-corrected chi connectivity index (χ2v) is 4.51. The molecule has 0 unspecified atom stereocenters. The molecule has 0 aliphatic rings. The summed E-state index contributed by atoms with van der Waals surface area (Å²) in [4.78, 5) is 22.5. The van der Waals surface area contributed by atoms with Crippen LogP contribution in [-0.2, 0) is 0 Å². The van der Waals surface area contributed by atoms with Crippen LogP contribution in [0.2, 0.25) is 5.02 Å². The number of halogens is 3. The monoisotopic (exact) mass is 311 g/mol. The molecular weight excluding hydrogens is 304 g/mol. The molecule has 21 heavy (non-hydrogen) atoms. The van der Waals surface area contributed by atoms with Crippen LogP contribution in [-0.4, -0.2) is 17.0 Å². The molecule has 0 saturated heterocycles. The molecule has 0 aliphatic heterocycles. The maximum Gasteiger partial charge on any atom is 0.338 e. The number of aromatic carboxylic acids is 1. The summed E-state index contributed by atoms with van der Waals surface area (Å²) in [5, 5.41) is 11.1. The number of carboxylic acid groups (broad SMARTS) is 1. The molecule has 0 spiro atoms. The van der Waals surface area contributed by atoms with E-state index in [1.165, 1.54) is 12.1 Å². The quantitative estimate of drug-likeness (QED) is 0.910. The van der Waals surface area contributed by atoms with Gasteiger partial charge in [-0.3, -0.25) is 4.79 Å². The van der Waals surface area contributed by atoms with E-state index < -0.39 is 29.1 Å². The number of carbonyl (C=O) groups excluding carboxylic acids is 1. The highest BCUT2D eigenvalue weighted by Gasteiger charge is 2.15. The first-order chi connectivity index (χ1) is 9.88. The van der Waals surface area contributed by atoms with E-state index >= 15 is 0 Å². The fraction of sp³-hybridized carbons (Fsp3) is 0. The number of rotatable bonds is 3. The van der Waals surface area contributed by atoms with Gasteiger partial charge in [-0.2, -0.15) is 0 Å². The molecule has 7 heteroatoms. The Balaban J connectivity index is 2.26. The molecule has 2 N–H and O–H groups in total. The van der Waals surface area contributed by atoms with Crippen molar-refractivity contribution in [3.63, 3.8) is 0 Å². The van der Waals surface area contributed by atoms with Crippen LogP contribution in [0.3, 0.4) is 0 Å². The zero-order valence-corrected chi connectivity index (χ0v) is 11.1. The lowest BCUT2D eigenvalue weighted by Gasteiger charge is -2.07. The lowest BCUT2D eigenvalue weighted by Crippen LogP contribution is -2.14. The molecule has 108 valence electrons. The van der Waals surface area contributed by atoms with Crippen molar-refractivity contribution in [1.82, 2.24) is 0 Å². The summed E-state index contributed by atoms with van der Waals surface area (Å²) in [6.45, 7) is 0. The van der Waals surface area contributed by atoms with Crippen LogP contribution in [0.4, 0.5) is 14.5 Å². The minimum atomic E-state index is -1.42. The van der Waals surface area contributed by atoms with E-state index in [9.17, 15) is 18.4 Å². The van der Waals surface area contributed by atoms with Crippen molar-refractivity contribution < 1.29 is 23.5 Å². The number of nitrogens with one attached hydrogen (secondary N) is 1. The predicted molar refractivity (Wildman–Crippen MR) is 72.7 cm³/mol. The molecule has 0 heterocycles. The Bertz CT molecular complexity index is 734. The topological polar surface area (TPSA) is 66.4 Å². The van der Waals surface area contributed by atoms with Gasteiger partial charge in [0.1, 0.15) is 11.6 Å². The van der Waals surface area contributed by atoms with Crippen LogP contribution < -0.4 is 5.32 Å². The van der Waals surface area contributed by atoms with Crippen molar-refractivity contribution in [2.45, 2.75) is 0 Å². The van der Waals surface area contributed by atoms with E-state index in [0.717, 1.165) is 24.3 Å². The fourth-order valence-electron chi connectivity index (χ4n) is 1.64. The van der Waals surface area contributed by atoms with Crippen molar-refractivity contribution in [2.75, 3.05) is 5.32 Å². The Morgan fingerprint density at radius 3 is 2.33 bits per heavy atom. The zero-order chi connectivity index (χ0) is 15.6. The highest BCUT2D eigenvalue weighted by atomic mass is 35.5. The first kappa shape index (κ1) is 14.9. The van der Waals surface area contributed by atoms with E-state index in [-0.39, 0.29) is 16.3 Å². The summed E-state index contributed by atoms with van der Waals surface area (Å²) in [5.74, 6) is -4.03. The first-order valence-electron chi connectivity index (χ1n) is 5.67. The second kappa shape index (κ2) is 5.88. The first-order valence-corrected chi connectivity index (χ1v) is 6.05.